The van der Waals surface area contributed by atoms with Crippen molar-refractivity contribution in [2.24, 2.45) is 11.8 Å². The number of ketones is 1. The SMILES string of the molecule is CCC(C)C(=O)CC(C)C. The van der Waals surface area contributed by atoms with E-state index in [1.807, 2.05) is 6.92 Å². The van der Waals surface area contributed by atoms with Crippen molar-refractivity contribution in [3.63, 3.8) is 0 Å². The maximum absolute atomic E-state index is 11.2. The van der Waals surface area contributed by atoms with E-state index in [2.05, 4.69) is 20.8 Å². The summed E-state index contributed by atoms with van der Waals surface area (Å²) >= 11 is 0. The van der Waals surface area contributed by atoms with Gasteiger partial charge in [-0.2, -0.15) is 0 Å². The highest BCUT2D eigenvalue weighted by Gasteiger charge is 2.11. The second kappa shape index (κ2) is 4.48. The minimum atomic E-state index is 0.266. The smallest absolute Gasteiger partial charge is 0.135 e. The molecule has 0 saturated carbocycles. The van der Waals surface area contributed by atoms with Crippen LogP contribution in [-0.4, -0.2) is 5.78 Å². The van der Waals surface area contributed by atoms with Gasteiger partial charge in [-0.3, -0.25) is 4.79 Å². The lowest BCUT2D eigenvalue weighted by atomic mass is 9.96. The van der Waals surface area contributed by atoms with Gasteiger partial charge in [-0.05, 0) is 12.3 Å². The Kier molecular flexibility index (Phi) is 4.33. The molecule has 0 aromatic heterocycles. The zero-order valence-electron chi connectivity index (χ0n) is 7.48. The molecule has 10 heavy (non-hydrogen) atoms. The van der Waals surface area contributed by atoms with Crippen LogP contribution in [0.2, 0.25) is 0 Å². The lowest BCUT2D eigenvalue weighted by Gasteiger charge is -2.08. The first-order chi connectivity index (χ1) is 4.57. The minimum absolute atomic E-state index is 0.266. The van der Waals surface area contributed by atoms with E-state index >= 15 is 0 Å². The van der Waals surface area contributed by atoms with E-state index in [1.54, 1.807) is 0 Å². The van der Waals surface area contributed by atoms with Crippen LogP contribution in [0.25, 0.3) is 0 Å². The van der Waals surface area contributed by atoms with Crippen LogP contribution in [0.1, 0.15) is 40.5 Å². The molecule has 0 rings (SSSR count). The number of hydrogen-bond donors (Lipinski definition) is 0. The van der Waals surface area contributed by atoms with Crippen LogP contribution < -0.4 is 0 Å². The molecule has 0 fully saturated rings. The number of carbonyl (C=O) groups is 1. The van der Waals surface area contributed by atoms with Crippen LogP contribution in [-0.2, 0) is 4.79 Å². The molecule has 60 valence electrons. The van der Waals surface area contributed by atoms with Gasteiger partial charge in [-0.1, -0.05) is 27.7 Å². The van der Waals surface area contributed by atoms with Gasteiger partial charge in [-0.25, -0.2) is 0 Å². The predicted molar refractivity (Wildman–Crippen MR) is 43.9 cm³/mol. The molecule has 1 unspecified atom stereocenters. The molecule has 0 aliphatic heterocycles. The Morgan fingerprint density at radius 3 is 2.10 bits per heavy atom. The molecule has 0 radical (unpaired) electrons. The number of hydrogen-bond acceptors (Lipinski definition) is 1. The predicted octanol–water partition coefficient (Wildman–Crippen LogP) is 2.65. The normalized spacial score (nSPS) is 13.7. The second-order valence-corrected chi connectivity index (χ2v) is 3.37. The molecule has 0 heterocycles. The summed E-state index contributed by atoms with van der Waals surface area (Å²) in [6.45, 7) is 8.23. The summed E-state index contributed by atoms with van der Waals surface area (Å²) in [5, 5.41) is 0. The van der Waals surface area contributed by atoms with Crippen LogP contribution >= 0.6 is 0 Å². The highest BCUT2D eigenvalue weighted by molar-refractivity contribution is 5.80. The van der Waals surface area contributed by atoms with Crippen molar-refractivity contribution >= 4 is 5.78 Å². The highest BCUT2D eigenvalue weighted by Crippen LogP contribution is 2.09. The van der Waals surface area contributed by atoms with Gasteiger partial charge in [0.15, 0.2) is 0 Å². The van der Waals surface area contributed by atoms with E-state index in [-0.39, 0.29) is 5.92 Å². The molecule has 1 nitrogen and oxygen atoms in total. The van der Waals surface area contributed by atoms with Gasteiger partial charge < -0.3 is 0 Å². The fourth-order valence-corrected chi connectivity index (χ4v) is 0.831. The molecule has 1 atom stereocenters. The van der Waals surface area contributed by atoms with E-state index in [4.69, 9.17) is 0 Å². The Morgan fingerprint density at radius 2 is 1.80 bits per heavy atom. The molecule has 0 bridgehead atoms. The molecule has 0 amide bonds. The number of Topliss-reactive ketones (excluding diaryl/α,β-unsaturated/α-hetero) is 1. The van der Waals surface area contributed by atoms with Gasteiger partial charge in [0, 0.05) is 12.3 Å². The quantitative estimate of drug-likeness (QED) is 0.589. The Labute approximate surface area is 63.8 Å². The number of rotatable bonds is 4. The average molecular weight is 142 g/mol. The third-order valence-electron chi connectivity index (χ3n) is 1.77. The fourth-order valence-electron chi connectivity index (χ4n) is 0.831. The summed E-state index contributed by atoms with van der Waals surface area (Å²) in [5.41, 5.74) is 0. The lowest BCUT2D eigenvalue weighted by molar-refractivity contribution is -0.123. The zero-order valence-corrected chi connectivity index (χ0v) is 7.48. The summed E-state index contributed by atoms with van der Waals surface area (Å²) in [7, 11) is 0. The number of carbonyl (C=O) groups excluding carboxylic acids is 1. The van der Waals surface area contributed by atoms with Crippen LogP contribution in [0, 0.1) is 11.8 Å². The maximum Gasteiger partial charge on any atom is 0.135 e. The monoisotopic (exact) mass is 142 g/mol. The first-order valence-electron chi connectivity index (χ1n) is 4.10. The van der Waals surface area contributed by atoms with Gasteiger partial charge >= 0.3 is 0 Å². The van der Waals surface area contributed by atoms with Crippen LogP contribution in [0.4, 0.5) is 0 Å². The van der Waals surface area contributed by atoms with Gasteiger partial charge in [-0.15, -0.1) is 0 Å². The van der Waals surface area contributed by atoms with Gasteiger partial charge in [0.1, 0.15) is 5.78 Å². The summed E-state index contributed by atoms with van der Waals surface area (Å²) < 4.78 is 0. The molecular formula is C9H18O. The van der Waals surface area contributed by atoms with Crippen LogP contribution in [0.5, 0.6) is 0 Å². The van der Waals surface area contributed by atoms with E-state index in [0.717, 1.165) is 12.8 Å². The van der Waals surface area contributed by atoms with Gasteiger partial charge in [0.25, 0.3) is 0 Å². The average Bonchev–Trinajstić information content (AvgIpc) is 1.85. The Morgan fingerprint density at radius 1 is 1.30 bits per heavy atom. The molecule has 0 saturated heterocycles. The van der Waals surface area contributed by atoms with Crippen molar-refractivity contribution in [3.05, 3.63) is 0 Å². The summed E-state index contributed by atoms with van der Waals surface area (Å²) in [5.74, 6) is 1.20. The summed E-state index contributed by atoms with van der Waals surface area (Å²) in [6.07, 6.45) is 1.72. The molecular weight excluding hydrogens is 124 g/mol. The standard InChI is InChI=1S/C9H18O/c1-5-8(4)9(10)6-7(2)3/h7-8H,5-6H2,1-4H3. The third-order valence-corrected chi connectivity index (χ3v) is 1.77. The van der Waals surface area contributed by atoms with Crippen molar-refractivity contribution in [2.45, 2.75) is 40.5 Å². The largest absolute Gasteiger partial charge is 0.299 e. The van der Waals surface area contributed by atoms with E-state index in [1.165, 1.54) is 0 Å². The minimum Gasteiger partial charge on any atom is -0.299 e. The van der Waals surface area contributed by atoms with Crippen molar-refractivity contribution in [1.82, 2.24) is 0 Å². The lowest BCUT2D eigenvalue weighted by Crippen LogP contribution is -2.11. The van der Waals surface area contributed by atoms with Gasteiger partial charge in [0.2, 0.25) is 0 Å². The Bertz CT molecular complexity index is 105. The molecule has 0 aromatic carbocycles. The fraction of sp³-hybridized carbons (Fsp3) is 0.889. The Hall–Kier alpha value is -0.330. The third kappa shape index (κ3) is 3.65. The molecule has 0 aliphatic carbocycles. The molecule has 0 spiro atoms. The maximum atomic E-state index is 11.2. The Balaban J connectivity index is 3.62. The summed E-state index contributed by atoms with van der Waals surface area (Å²) in [6, 6.07) is 0. The van der Waals surface area contributed by atoms with Crippen molar-refractivity contribution in [3.8, 4) is 0 Å². The second-order valence-electron chi connectivity index (χ2n) is 3.37. The van der Waals surface area contributed by atoms with Crippen LogP contribution in [0.3, 0.4) is 0 Å². The van der Waals surface area contributed by atoms with Crippen molar-refractivity contribution < 1.29 is 4.79 Å². The van der Waals surface area contributed by atoms with E-state index in [0.29, 0.717) is 11.7 Å². The summed E-state index contributed by atoms with van der Waals surface area (Å²) in [4.78, 5) is 11.2. The van der Waals surface area contributed by atoms with Crippen molar-refractivity contribution in [2.75, 3.05) is 0 Å². The van der Waals surface area contributed by atoms with Crippen molar-refractivity contribution in [1.29, 1.82) is 0 Å². The molecule has 1 heteroatoms. The topological polar surface area (TPSA) is 17.1 Å². The highest BCUT2D eigenvalue weighted by atomic mass is 16.1. The first-order valence-corrected chi connectivity index (χ1v) is 4.10. The van der Waals surface area contributed by atoms with E-state index in [9.17, 15) is 4.79 Å². The first kappa shape index (κ1) is 9.67. The van der Waals surface area contributed by atoms with Crippen LogP contribution in [0.15, 0.2) is 0 Å². The molecule has 0 aromatic rings. The molecule has 0 N–H and O–H groups in total. The van der Waals surface area contributed by atoms with E-state index < -0.39 is 0 Å². The van der Waals surface area contributed by atoms with Gasteiger partial charge in [0.05, 0.1) is 0 Å². The molecule has 0 aliphatic rings. The zero-order chi connectivity index (χ0) is 8.15.